The van der Waals surface area contributed by atoms with Gasteiger partial charge >= 0.3 is 5.97 Å². The zero-order valence-corrected chi connectivity index (χ0v) is 9.24. The van der Waals surface area contributed by atoms with Crippen LogP contribution in [-0.4, -0.2) is 28.1 Å². The van der Waals surface area contributed by atoms with E-state index in [1.54, 1.807) is 0 Å². The second-order valence-electron chi connectivity index (χ2n) is 3.72. The molecule has 15 heavy (non-hydrogen) atoms. The molecule has 0 saturated carbocycles. The predicted octanol–water partition coefficient (Wildman–Crippen LogP) is 1.75. The van der Waals surface area contributed by atoms with Crippen LogP contribution in [0, 0.1) is 0 Å². The van der Waals surface area contributed by atoms with Crippen LogP contribution in [0.15, 0.2) is 0 Å². The third kappa shape index (κ3) is 7.08. The van der Waals surface area contributed by atoms with Crippen LogP contribution in [-0.2, 0) is 9.59 Å². The van der Waals surface area contributed by atoms with Crippen molar-refractivity contribution < 1.29 is 19.8 Å². The number of ketones is 1. The standard InChI is InChI=1S/C11H20O4/c1-2-3-4-5-6-7-8-9(12)10(13)11(14)15/h10,13H,2-8H2,1H3,(H,14,15). The normalized spacial score (nSPS) is 12.4. The van der Waals surface area contributed by atoms with Gasteiger partial charge in [-0.3, -0.25) is 4.79 Å². The van der Waals surface area contributed by atoms with Crippen molar-refractivity contribution in [1.29, 1.82) is 0 Å². The monoisotopic (exact) mass is 216 g/mol. The lowest BCUT2D eigenvalue weighted by atomic mass is 10.1. The smallest absolute Gasteiger partial charge is 0.340 e. The fourth-order valence-corrected chi connectivity index (χ4v) is 1.35. The average Bonchev–Trinajstić information content (AvgIpc) is 2.21. The van der Waals surface area contributed by atoms with Gasteiger partial charge in [-0.2, -0.15) is 0 Å². The molecule has 0 aromatic carbocycles. The molecule has 0 aliphatic carbocycles. The van der Waals surface area contributed by atoms with Gasteiger partial charge in [0.15, 0.2) is 5.78 Å². The van der Waals surface area contributed by atoms with Gasteiger partial charge in [0.2, 0.25) is 6.10 Å². The van der Waals surface area contributed by atoms with Gasteiger partial charge in [-0.15, -0.1) is 0 Å². The molecule has 0 aliphatic rings. The van der Waals surface area contributed by atoms with Crippen LogP contribution >= 0.6 is 0 Å². The highest BCUT2D eigenvalue weighted by molar-refractivity contribution is 6.00. The Bertz CT molecular complexity index is 201. The van der Waals surface area contributed by atoms with E-state index in [0.29, 0.717) is 6.42 Å². The van der Waals surface area contributed by atoms with Crippen LogP contribution in [0.5, 0.6) is 0 Å². The summed E-state index contributed by atoms with van der Waals surface area (Å²) in [6, 6.07) is 0. The number of Topliss-reactive ketones (excluding diaryl/α,β-unsaturated/α-hetero) is 1. The van der Waals surface area contributed by atoms with Crippen molar-refractivity contribution in [2.75, 3.05) is 0 Å². The zero-order chi connectivity index (χ0) is 11.7. The highest BCUT2D eigenvalue weighted by Gasteiger charge is 2.21. The van der Waals surface area contributed by atoms with Crippen molar-refractivity contribution in [3.8, 4) is 0 Å². The Morgan fingerprint density at radius 2 is 1.60 bits per heavy atom. The number of aliphatic carboxylic acids is 1. The van der Waals surface area contributed by atoms with Crippen LogP contribution in [0.4, 0.5) is 0 Å². The topological polar surface area (TPSA) is 74.6 Å². The second-order valence-corrected chi connectivity index (χ2v) is 3.72. The number of rotatable bonds is 9. The number of unbranched alkanes of at least 4 members (excludes halogenated alkanes) is 5. The summed E-state index contributed by atoms with van der Waals surface area (Å²) in [5.41, 5.74) is 0. The van der Waals surface area contributed by atoms with Crippen molar-refractivity contribution in [3.05, 3.63) is 0 Å². The molecule has 0 fully saturated rings. The van der Waals surface area contributed by atoms with E-state index >= 15 is 0 Å². The molecule has 0 aliphatic heterocycles. The highest BCUT2D eigenvalue weighted by Crippen LogP contribution is 2.08. The van der Waals surface area contributed by atoms with Crippen molar-refractivity contribution in [1.82, 2.24) is 0 Å². The molecule has 0 aromatic rings. The van der Waals surface area contributed by atoms with Crippen LogP contribution in [0.2, 0.25) is 0 Å². The van der Waals surface area contributed by atoms with E-state index in [9.17, 15) is 9.59 Å². The van der Waals surface area contributed by atoms with Gasteiger partial charge in [-0.05, 0) is 6.42 Å². The van der Waals surface area contributed by atoms with Crippen molar-refractivity contribution in [3.63, 3.8) is 0 Å². The summed E-state index contributed by atoms with van der Waals surface area (Å²) >= 11 is 0. The van der Waals surface area contributed by atoms with Crippen LogP contribution in [0.3, 0.4) is 0 Å². The number of aliphatic hydroxyl groups excluding tert-OH is 1. The molecule has 4 heteroatoms. The molecule has 1 unspecified atom stereocenters. The lowest BCUT2D eigenvalue weighted by Gasteiger charge is -2.04. The number of hydrogen-bond donors (Lipinski definition) is 2. The molecule has 0 spiro atoms. The number of carboxylic acids is 1. The van der Waals surface area contributed by atoms with E-state index in [2.05, 4.69) is 6.92 Å². The Kier molecular flexibility index (Phi) is 7.91. The Morgan fingerprint density at radius 3 is 2.13 bits per heavy atom. The number of carboxylic acid groups (broad SMARTS) is 1. The maximum Gasteiger partial charge on any atom is 0.340 e. The number of carbonyl (C=O) groups is 2. The van der Waals surface area contributed by atoms with Gasteiger partial charge in [-0.1, -0.05) is 39.0 Å². The van der Waals surface area contributed by atoms with E-state index in [1.165, 1.54) is 12.8 Å². The molecule has 0 amide bonds. The first-order valence-corrected chi connectivity index (χ1v) is 5.53. The SMILES string of the molecule is CCCCCCCCC(=O)C(O)C(=O)O. The number of hydrogen-bond acceptors (Lipinski definition) is 3. The van der Waals surface area contributed by atoms with Gasteiger partial charge < -0.3 is 10.2 Å². The summed E-state index contributed by atoms with van der Waals surface area (Å²) in [7, 11) is 0. The lowest BCUT2D eigenvalue weighted by Crippen LogP contribution is -2.29. The molecule has 0 radical (unpaired) electrons. The van der Waals surface area contributed by atoms with E-state index in [-0.39, 0.29) is 6.42 Å². The van der Waals surface area contributed by atoms with Crippen molar-refractivity contribution >= 4 is 11.8 Å². The third-order valence-electron chi connectivity index (χ3n) is 2.32. The minimum absolute atomic E-state index is 0.166. The Hall–Kier alpha value is -0.900. The van der Waals surface area contributed by atoms with Gasteiger partial charge in [-0.25, -0.2) is 4.79 Å². The summed E-state index contributed by atoms with van der Waals surface area (Å²) in [5, 5.41) is 17.2. The quantitative estimate of drug-likeness (QED) is 0.455. The van der Waals surface area contributed by atoms with E-state index in [1.807, 2.05) is 0 Å². The van der Waals surface area contributed by atoms with E-state index < -0.39 is 17.9 Å². The molecule has 2 N–H and O–H groups in total. The predicted molar refractivity (Wildman–Crippen MR) is 56.6 cm³/mol. The first kappa shape index (κ1) is 14.1. The average molecular weight is 216 g/mol. The largest absolute Gasteiger partial charge is 0.479 e. The first-order chi connectivity index (χ1) is 7.09. The summed E-state index contributed by atoms with van der Waals surface area (Å²) in [5.74, 6) is -2.04. The minimum atomic E-state index is -1.83. The Morgan fingerprint density at radius 1 is 1.07 bits per heavy atom. The van der Waals surface area contributed by atoms with Crippen molar-refractivity contribution in [2.45, 2.75) is 58.0 Å². The summed E-state index contributed by atoms with van der Waals surface area (Å²) in [6.45, 7) is 2.13. The molecule has 0 aromatic heterocycles. The molecule has 4 nitrogen and oxygen atoms in total. The third-order valence-corrected chi connectivity index (χ3v) is 2.32. The molecule has 0 rings (SSSR count). The maximum atomic E-state index is 11.0. The highest BCUT2D eigenvalue weighted by atomic mass is 16.4. The fourth-order valence-electron chi connectivity index (χ4n) is 1.35. The number of aliphatic hydroxyl groups is 1. The Balaban J connectivity index is 3.43. The van der Waals surface area contributed by atoms with Gasteiger partial charge in [0.05, 0.1) is 0 Å². The maximum absolute atomic E-state index is 11.0. The fraction of sp³-hybridized carbons (Fsp3) is 0.818. The van der Waals surface area contributed by atoms with Crippen LogP contribution in [0.25, 0.3) is 0 Å². The molecule has 0 bridgehead atoms. The summed E-state index contributed by atoms with van der Waals surface area (Å²) < 4.78 is 0. The summed E-state index contributed by atoms with van der Waals surface area (Å²) in [6.07, 6.45) is 4.55. The minimum Gasteiger partial charge on any atom is -0.479 e. The molecule has 1 atom stereocenters. The lowest BCUT2D eigenvalue weighted by molar-refractivity contribution is -0.152. The molecule has 88 valence electrons. The zero-order valence-electron chi connectivity index (χ0n) is 9.24. The first-order valence-electron chi connectivity index (χ1n) is 5.53. The van der Waals surface area contributed by atoms with Crippen molar-refractivity contribution in [2.24, 2.45) is 0 Å². The van der Waals surface area contributed by atoms with Gasteiger partial charge in [0.1, 0.15) is 0 Å². The second kappa shape index (κ2) is 8.41. The summed E-state index contributed by atoms with van der Waals surface area (Å²) in [4.78, 5) is 21.3. The number of carbonyl (C=O) groups excluding carboxylic acids is 1. The van der Waals surface area contributed by atoms with Gasteiger partial charge in [0.25, 0.3) is 0 Å². The van der Waals surface area contributed by atoms with E-state index in [0.717, 1.165) is 19.3 Å². The Labute approximate surface area is 90.3 Å². The van der Waals surface area contributed by atoms with Crippen LogP contribution in [0.1, 0.15) is 51.9 Å². The molecular formula is C11H20O4. The van der Waals surface area contributed by atoms with Gasteiger partial charge in [0, 0.05) is 6.42 Å². The molecular weight excluding hydrogens is 196 g/mol. The molecule has 0 heterocycles. The molecule has 0 saturated heterocycles. The van der Waals surface area contributed by atoms with Crippen LogP contribution < -0.4 is 0 Å². The van der Waals surface area contributed by atoms with E-state index in [4.69, 9.17) is 10.2 Å².